The first-order chi connectivity index (χ1) is 13.2. The van der Waals surface area contributed by atoms with Crippen LogP contribution in [0.5, 0.6) is 11.5 Å². The largest absolute Gasteiger partial charge is 0.490 e. The molecule has 3 rings (SSSR count). The minimum atomic E-state index is -0.192. The van der Waals surface area contributed by atoms with Crippen LogP contribution in [0.25, 0.3) is 6.08 Å². The van der Waals surface area contributed by atoms with Crippen molar-refractivity contribution in [2.24, 2.45) is 4.99 Å². The molecule has 2 aliphatic rings. The van der Waals surface area contributed by atoms with Crippen molar-refractivity contribution in [3.8, 4) is 11.5 Å². The first-order valence-corrected chi connectivity index (χ1v) is 10.3. The normalized spacial score (nSPS) is 18.7. The van der Waals surface area contributed by atoms with Gasteiger partial charge in [-0.3, -0.25) is 4.79 Å². The Kier molecular flexibility index (Phi) is 7.18. The Labute approximate surface area is 164 Å². The molecule has 0 unspecified atom stereocenters. The number of unbranched alkanes of at least 4 members (excludes halogenated alkanes) is 1. The summed E-state index contributed by atoms with van der Waals surface area (Å²) in [5.41, 5.74) is 0.899. The fourth-order valence-corrected chi connectivity index (χ4v) is 3.73. The fraction of sp³-hybridized carbons (Fsp3) is 0.500. The minimum Gasteiger partial charge on any atom is -0.490 e. The molecule has 146 valence electrons. The summed E-state index contributed by atoms with van der Waals surface area (Å²) in [6, 6.07) is 5.76. The third-order valence-corrected chi connectivity index (χ3v) is 5.26. The van der Waals surface area contributed by atoms with Gasteiger partial charge in [0.15, 0.2) is 16.7 Å². The zero-order chi connectivity index (χ0) is 19.1. The lowest BCUT2D eigenvalue weighted by Gasteiger charge is -2.27. The molecule has 0 radical (unpaired) electrons. The molecule has 1 aromatic carbocycles. The standard InChI is InChI=1S/C20H26N2O4S/c1-3-5-10-26-16-7-6-15(13-17(16)25-4-2)14-18-19(23)21-20(27-18)22-8-11-24-12-9-22/h6-7,13-14H,3-5,8-12H2,1-2H3/b18-14+. The van der Waals surface area contributed by atoms with Gasteiger partial charge in [0, 0.05) is 13.1 Å². The lowest BCUT2D eigenvalue weighted by atomic mass is 10.2. The second-order valence-corrected chi connectivity index (χ2v) is 7.26. The van der Waals surface area contributed by atoms with Gasteiger partial charge in [-0.2, -0.15) is 4.99 Å². The van der Waals surface area contributed by atoms with E-state index < -0.39 is 0 Å². The van der Waals surface area contributed by atoms with E-state index in [1.54, 1.807) is 0 Å². The Morgan fingerprint density at radius 3 is 2.78 bits per heavy atom. The Balaban J connectivity index is 1.72. The van der Waals surface area contributed by atoms with Crippen LogP contribution in [0.2, 0.25) is 0 Å². The molecule has 0 bridgehead atoms. The number of amides is 1. The topological polar surface area (TPSA) is 60.4 Å². The summed E-state index contributed by atoms with van der Waals surface area (Å²) in [4.78, 5) is 19.2. The van der Waals surface area contributed by atoms with Gasteiger partial charge in [-0.15, -0.1) is 0 Å². The molecule has 2 aliphatic heterocycles. The van der Waals surface area contributed by atoms with Crippen LogP contribution in [0, 0.1) is 0 Å². The van der Waals surface area contributed by atoms with E-state index in [9.17, 15) is 4.79 Å². The number of hydrogen-bond acceptors (Lipinski definition) is 6. The quantitative estimate of drug-likeness (QED) is 0.524. The Morgan fingerprint density at radius 2 is 2.04 bits per heavy atom. The maximum Gasteiger partial charge on any atom is 0.286 e. The van der Waals surface area contributed by atoms with Crippen LogP contribution in [0.4, 0.5) is 0 Å². The summed E-state index contributed by atoms with van der Waals surface area (Å²) in [5, 5.41) is 0.763. The van der Waals surface area contributed by atoms with Crippen LogP contribution in [-0.4, -0.2) is 55.5 Å². The molecule has 0 spiro atoms. The summed E-state index contributed by atoms with van der Waals surface area (Å²) < 4.78 is 16.9. The summed E-state index contributed by atoms with van der Waals surface area (Å²) >= 11 is 1.42. The molecule has 1 aromatic rings. The van der Waals surface area contributed by atoms with E-state index in [0.717, 1.165) is 42.4 Å². The molecule has 6 nitrogen and oxygen atoms in total. The zero-order valence-corrected chi connectivity index (χ0v) is 16.7. The molecular formula is C20H26N2O4S. The fourth-order valence-electron chi connectivity index (χ4n) is 2.77. The van der Waals surface area contributed by atoms with E-state index in [4.69, 9.17) is 14.2 Å². The average Bonchev–Trinajstić information content (AvgIpc) is 3.05. The van der Waals surface area contributed by atoms with E-state index in [2.05, 4.69) is 16.8 Å². The summed E-state index contributed by atoms with van der Waals surface area (Å²) in [5.74, 6) is 1.25. The lowest BCUT2D eigenvalue weighted by molar-refractivity contribution is -0.113. The van der Waals surface area contributed by atoms with Crippen molar-refractivity contribution in [3.63, 3.8) is 0 Å². The number of hydrogen-bond donors (Lipinski definition) is 0. The van der Waals surface area contributed by atoms with Crippen LogP contribution in [0.15, 0.2) is 28.1 Å². The van der Waals surface area contributed by atoms with Crippen molar-refractivity contribution < 1.29 is 19.0 Å². The van der Waals surface area contributed by atoms with Crippen molar-refractivity contribution in [3.05, 3.63) is 28.7 Å². The Bertz CT molecular complexity index is 727. The van der Waals surface area contributed by atoms with Gasteiger partial charge in [0.25, 0.3) is 5.91 Å². The van der Waals surface area contributed by atoms with Gasteiger partial charge in [0.2, 0.25) is 0 Å². The van der Waals surface area contributed by atoms with Crippen molar-refractivity contribution in [1.29, 1.82) is 0 Å². The van der Waals surface area contributed by atoms with Crippen molar-refractivity contribution in [1.82, 2.24) is 4.90 Å². The van der Waals surface area contributed by atoms with E-state index >= 15 is 0 Å². The number of rotatable bonds is 7. The predicted octanol–water partition coefficient (Wildman–Crippen LogP) is 3.57. The number of thioether (sulfide) groups is 1. The van der Waals surface area contributed by atoms with Gasteiger partial charge in [-0.25, -0.2) is 0 Å². The molecule has 27 heavy (non-hydrogen) atoms. The number of ether oxygens (including phenoxy) is 3. The number of carbonyl (C=O) groups is 1. The van der Waals surface area contributed by atoms with Gasteiger partial charge >= 0.3 is 0 Å². The SMILES string of the molecule is CCCCOc1ccc(/C=C2/SC(N3CCOCC3)=NC2=O)cc1OCC. The average molecular weight is 391 g/mol. The number of carbonyl (C=O) groups excluding carboxylic acids is 1. The summed E-state index contributed by atoms with van der Waals surface area (Å²) in [6.45, 7) is 8.18. The first kappa shape index (κ1) is 19.8. The molecular weight excluding hydrogens is 364 g/mol. The minimum absolute atomic E-state index is 0.192. The van der Waals surface area contributed by atoms with Crippen LogP contribution in [-0.2, 0) is 9.53 Å². The van der Waals surface area contributed by atoms with E-state index in [1.807, 2.05) is 31.2 Å². The third kappa shape index (κ3) is 5.26. The van der Waals surface area contributed by atoms with Crippen LogP contribution < -0.4 is 9.47 Å². The van der Waals surface area contributed by atoms with E-state index in [0.29, 0.717) is 37.1 Å². The van der Waals surface area contributed by atoms with Crippen LogP contribution in [0.1, 0.15) is 32.3 Å². The van der Waals surface area contributed by atoms with E-state index in [1.165, 1.54) is 11.8 Å². The second-order valence-electron chi connectivity index (χ2n) is 6.25. The highest BCUT2D eigenvalue weighted by atomic mass is 32.2. The number of benzene rings is 1. The maximum atomic E-state index is 12.3. The van der Waals surface area contributed by atoms with Crippen molar-refractivity contribution in [2.75, 3.05) is 39.5 Å². The maximum absolute atomic E-state index is 12.3. The Hall–Kier alpha value is -1.99. The number of morpholine rings is 1. The summed E-state index contributed by atoms with van der Waals surface area (Å²) in [6.07, 6.45) is 3.95. The number of amidine groups is 1. The molecule has 2 heterocycles. The molecule has 0 aromatic heterocycles. The zero-order valence-electron chi connectivity index (χ0n) is 15.9. The van der Waals surface area contributed by atoms with Crippen molar-refractivity contribution in [2.45, 2.75) is 26.7 Å². The molecule has 0 atom stereocenters. The second kappa shape index (κ2) is 9.80. The molecule has 0 saturated carbocycles. The monoisotopic (exact) mass is 390 g/mol. The van der Waals surface area contributed by atoms with Crippen LogP contribution >= 0.6 is 11.8 Å². The highest BCUT2D eigenvalue weighted by Gasteiger charge is 2.27. The van der Waals surface area contributed by atoms with Gasteiger partial charge < -0.3 is 19.1 Å². The molecule has 1 amide bonds. The lowest BCUT2D eigenvalue weighted by Crippen LogP contribution is -2.38. The van der Waals surface area contributed by atoms with Gasteiger partial charge in [0.1, 0.15) is 0 Å². The highest BCUT2D eigenvalue weighted by molar-refractivity contribution is 8.18. The smallest absolute Gasteiger partial charge is 0.286 e. The molecule has 0 N–H and O–H groups in total. The number of nitrogens with zero attached hydrogens (tertiary/aromatic N) is 2. The first-order valence-electron chi connectivity index (χ1n) is 9.46. The molecule has 1 saturated heterocycles. The Morgan fingerprint density at radius 1 is 1.22 bits per heavy atom. The van der Waals surface area contributed by atoms with E-state index in [-0.39, 0.29) is 5.91 Å². The predicted molar refractivity (Wildman–Crippen MR) is 108 cm³/mol. The third-order valence-electron chi connectivity index (χ3n) is 4.21. The van der Waals surface area contributed by atoms with Gasteiger partial charge in [-0.1, -0.05) is 19.4 Å². The van der Waals surface area contributed by atoms with Crippen LogP contribution in [0.3, 0.4) is 0 Å². The number of aliphatic imine (C=N–C) groups is 1. The molecule has 1 fully saturated rings. The molecule has 0 aliphatic carbocycles. The van der Waals surface area contributed by atoms with Crippen molar-refractivity contribution >= 4 is 28.9 Å². The molecule has 7 heteroatoms. The highest BCUT2D eigenvalue weighted by Crippen LogP contribution is 2.33. The van der Waals surface area contributed by atoms with Gasteiger partial charge in [0.05, 0.1) is 31.3 Å². The van der Waals surface area contributed by atoms with Gasteiger partial charge in [-0.05, 0) is 48.9 Å². The summed E-state index contributed by atoms with van der Waals surface area (Å²) in [7, 11) is 0.